The van der Waals surface area contributed by atoms with Crippen LogP contribution >= 0.6 is 0 Å². The lowest BCUT2D eigenvalue weighted by atomic mass is 10.1. The summed E-state index contributed by atoms with van der Waals surface area (Å²) in [6, 6.07) is 0.297. The van der Waals surface area contributed by atoms with E-state index in [9.17, 15) is 4.79 Å². The van der Waals surface area contributed by atoms with Crippen LogP contribution in [0.1, 0.15) is 45.9 Å². The molecule has 1 aliphatic heterocycles. The number of anilines is 1. The topological polar surface area (TPSA) is 83.3 Å². The molecule has 21 heavy (non-hydrogen) atoms. The fourth-order valence-corrected chi connectivity index (χ4v) is 2.14. The van der Waals surface area contributed by atoms with Gasteiger partial charge in [-0.1, -0.05) is 5.10 Å². The van der Waals surface area contributed by atoms with Crippen molar-refractivity contribution in [3.05, 3.63) is 5.89 Å². The molecule has 2 heterocycles. The molecule has 1 aliphatic rings. The number of rotatable bonds is 5. The lowest BCUT2D eigenvalue weighted by Gasteiger charge is -2.26. The van der Waals surface area contributed by atoms with E-state index in [1.165, 1.54) is 6.42 Å². The third-order valence-electron chi connectivity index (χ3n) is 3.34. The van der Waals surface area contributed by atoms with E-state index in [0.29, 0.717) is 18.5 Å². The van der Waals surface area contributed by atoms with Crippen molar-refractivity contribution in [3.8, 4) is 0 Å². The Labute approximate surface area is 125 Å². The Morgan fingerprint density at radius 3 is 2.62 bits per heavy atom. The van der Waals surface area contributed by atoms with E-state index in [2.05, 4.69) is 41.6 Å². The van der Waals surface area contributed by atoms with Crippen molar-refractivity contribution in [1.29, 1.82) is 0 Å². The molecule has 0 atom stereocenters. The fraction of sp³-hybridized carbons (Fsp3) is 0.786. The molecule has 0 unspecified atom stereocenters. The number of amides is 1. The number of hydrogen-bond acceptors (Lipinski definition) is 6. The Kier molecular flexibility index (Phi) is 5.17. The Morgan fingerprint density at radius 1 is 1.24 bits per heavy atom. The summed E-state index contributed by atoms with van der Waals surface area (Å²) in [5, 5.41) is 14.0. The predicted octanol–water partition coefficient (Wildman–Crippen LogP) is 1.38. The lowest BCUT2D eigenvalue weighted by Crippen LogP contribution is -2.39. The van der Waals surface area contributed by atoms with Crippen LogP contribution in [-0.4, -0.2) is 46.2 Å². The van der Waals surface area contributed by atoms with Crippen molar-refractivity contribution in [2.75, 3.05) is 25.0 Å². The second-order valence-corrected chi connectivity index (χ2v) is 6.40. The van der Waals surface area contributed by atoms with Gasteiger partial charge in [-0.05, 0) is 40.0 Å². The van der Waals surface area contributed by atoms with Gasteiger partial charge in [-0.2, -0.15) is 0 Å². The molecule has 1 fully saturated rings. The lowest BCUT2D eigenvalue weighted by molar-refractivity contribution is -0.130. The zero-order valence-corrected chi connectivity index (χ0v) is 13.1. The number of aromatic nitrogens is 2. The molecule has 7 nitrogen and oxygen atoms in total. The zero-order valence-electron chi connectivity index (χ0n) is 13.1. The molecule has 1 aromatic rings. The highest BCUT2D eigenvalue weighted by Gasteiger charge is 2.17. The summed E-state index contributed by atoms with van der Waals surface area (Å²) in [5.74, 6) is 0.597. The molecule has 0 bridgehead atoms. The molecule has 1 aromatic heterocycles. The van der Waals surface area contributed by atoms with E-state index < -0.39 is 0 Å². The first-order chi connectivity index (χ1) is 9.94. The van der Waals surface area contributed by atoms with E-state index in [-0.39, 0.29) is 18.0 Å². The Hall–Kier alpha value is -1.63. The Balaban J connectivity index is 1.75. The van der Waals surface area contributed by atoms with Crippen LogP contribution in [0.15, 0.2) is 4.42 Å². The molecule has 0 spiro atoms. The summed E-state index contributed by atoms with van der Waals surface area (Å²) in [7, 11) is 0. The normalized spacial score (nSPS) is 16.0. The summed E-state index contributed by atoms with van der Waals surface area (Å²) < 4.78 is 5.45. The molecular formula is C14H25N5O2. The minimum Gasteiger partial charge on any atom is -0.407 e. The number of likely N-dealkylation sites (tertiary alicyclic amines) is 1. The van der Waals surface area contributed by atoms with E-state index >= 15 is 0 Å². The van der Waals surface area contributed by atoms with E-state index in [1.807, 2.05) is 4.90 Å². The van der Waals surface area contributed by atoms with Gasteiger partial charge in [-0.25, -0.2) is 0 Å². The van der Waals surface area contributed by atoms with Gasteiger partial charge in [0.2, 0.25) is 11.8 Å². The smallest absolute Gasteiger partial charge is 0.315 e. The first-order valence-corrected chi connectivity index (χ1v) is 7.53. The third-order valence-corrected chi connectivity index (χ3v) is 3.34. The van der Waals surface area contributed by atoms with Crippen molar-refractivity contribution in [2.24, 2.45) is 0 Å². The van der Waals surface area contributed by atoms with Crippen LogP contribution in [0.25, 0.3) is 0 Å². The quantitative estimate of drug-likeness (QED) is 0.854. The molecule has 2 N–H and O–H groups in total. The average Bonchev–Trinajstić information content (AvgIpc) is 2.91. The predicted molar refractivity (Wildman–Crippen MR) is 79.8 cm³/mol. The largest absolute Gasteiger partial charge is 0.407 e. The molecule has 1 amide bonds. The fourth-order valence-electron chi connectivity index (χ4n) is 2.14. The van der Waals surface area contributed by atoms with Crippen molar-refractivity contribution < 1.29 is 9.21 Å². The number of piperidine rings is 1. The third kappa shape index (κ3) is 5.34. The summed E-state index contributed by atoms with van der Waals surface area (Å²) in [6.07, 6.45) is 3.40. The molecule has 1 saturated heterocycles. The summed E-state index contributed by atoms with van der Waals surface area (Å²) in [4.78, 5) is 13.9. The number of carbonyl (C=O) groups excluding carboxylic acids is 1. The Morgan fingerprint density at radius 2 is 1.95 bits per heavy atom. The SMILES string of the molecule is CC(C)(C)NCc1nnc(NCC(=O)N2CCCCC2)o1. The molecule has 0 saturated carbocycles. The summed E-state index contributed by atoms with van der Waals surface area (Å²) >= 11 is 0. The van der Waals surface area contributed by atoms with Crippen molar-refractivity contribution in [2.45, 2.75) is 52.1 Å². The first-order valence-electron chi connectivity index (χ1n) is 7.53. The minimum atomic E-state index is -0.00765. The summed E-state index contributed by atoms with van der Waals surface area (Å²) in [5.41, 5.74) is -0.00765. The standard InChI is InChI=1S/C14H25N5O2/c1-14(2,3)16-9-11-17-18-13(21-11)15-10-12(20)19-7-5-4-6-8-19/h16H,4-10H2,1-3H3,(H,15,18). The van der Waals surface area contributed by atoms with Crippen LogP contribution < -0.4 is 10.6 Å². The monoisotopic (exact) mass is 295 g/mol. The van der Waals surface area contributed by atoms with Gasteiger partial charge in [0.25, 0.3) is 0 Å². The summed E-state index contributed by atoms with van der Waals surface area (Å²) in [6.45, 7) is 8.63. The maximum Gasteiger partial charge on any atom is 0.315 e. The molecule has 0 radical (unpaired) electrons. The van der Waals surface area contributed by atoms with Crippen LogP contribution in [0.5, 0.6) is 0 Å². The average molecular weight is 295 g/mol. The molecule has 2 rings (SSSR count). The molecule has 0 aromatic carbocycles. The van der Waals surface area contributed by atoms with Gasteiger partial charge in [0, 0.05) is 18.6 Å². The van der Waals surface area contributed by atoms with Crippen LogP contribution in [-0.2, 0) is 11.3 Å². The maximum absolute atomic E-state index is 12.0. The van der Waals surface area contributed by atoms with Crippen LogP contribution in [0.2, 0.25) is 0 Å². The second-order valence-electron chi connectivity index (χ2n) is 6.40. The number of hydrogen-bond donors (Lipinski definition) is 2. The van der Waals surface area contributed by atoms with Crippen LogP contribution in [0.4, 0.5) is 6.01 Å². The molecule has 7 heteroatoms. The van der Waals surface area contributed by atoms with Gasteiger partial charge in [0.1, 0.15) is 0 Å². The van der Waals surface area contributed by atoms with Crippen LogP contribution in [0, 0.1) is 0 Å². The van der Waals surface area contributed by atoms with Crippen molar-refractivity contribution in [1.82, 2.24) is 20.4 Å². The van der Waals surface area contributed by atoms with Gasteiger partial charge in [-0.15, -0.1) is 5.10 Å². The van der Waals surface area contributed by atoms with Crippen molar-refractivity contribution in [3.63, 3.8) is 0 Å². The highest BCUT2D eigenvalue weighted by atomic mass is 16.4. The van der Waals surface area contributed by atoms with Gasteiger partial charge < -0.3 is 20.0 Å². The van der Waals surface area contributed by atoms with Gasteiger partial charge in [0.05, 0.1) is 13.1 Å². The van der Waals surface area contributed by atoms with Gasteiger partial charge in [-0.3, -0.25) is 4.79 Å². The maximum atomic E-state index is 12.0. The zero-order chi connectivity index (χ0) is 15.3. The first kappa shape index (κ1) is 15.8. The van der Waals surface area contributed by atoms with E-state index in [0.717, 1.165) is 25.9 Å². The van der Waals surface area contributed by atoms with E-state index in [4.69, 9.17) is 4.42 Å². The van der Waals surface area contributed by atoms with E-state index in [1.54, 1.807) is 0 Å². The highest BCUT2D eigenvalue weighted by Crippen LogP contribution is 2.10. The molecule has 0 aliphatic carbocycles. The highest BCUT2D eigenvalue weighted by molar-refractivity contribution is 5.80. The molecular weight excluding hydrogens is 270 g/mol. The Bertz CT molecular complexity index is 460. The number of nitrogens with zero attached hydrogens (tertiary/aromatic N) is 3. The number of nitrogens with one attached hydrogen (secondary N) is 2. The number of carbonyl (C=O) groups is 1. The minimum absolute atomic E-state index is 0.00765. The second kappa shape index (κ2) is 6.89. The molecule has 118 valence electrons. The van der Waals surface area contributed by atoms with Gasteiger partial charge >= 0.3 is 6.01 Å². The van der Waals surface area contributed by atoms with Gasteiger partial charge in [0.15, 0.2) is 0 Å². The van der Waals surface area contributed by atoms with Crippen LogP contribution in [0.3, 0.4) is 0 Å². The van der Waals surface area contributed by atoms with Crippen molar-refractivity contribution >= 4 is 11.9 Å².